The van der Waals surface area contributed by atoms with Crippen LogP contribution < -0.4 is 10.1 Å². The zero-order valence-electron chi connectivity index (χ0n) is 11.3. The largest absolute Gasteiger partial charge is 0.494 e. The van der Waals surface area contributed by atoms with E-state index in [4.69, 9.17) is 14.9 Å². The van der Waals surface area contributed by atoms with Crippen LogP contribution in [0, 0.1) is 0 Å². The van der Waals surface area contributed by atoms with E-state index in [1.807, 2.05) is 6.92 Å². The second-order valence-corrected chi connectivity index (χ2v) is 4.25. The van der Waals surface area contributed by atoms with Crippen LogP contribution in [0.25, 0.3) is 0 Å². The normalized spacial score (nSPS) is 11.7. The molecule has 0 aliphatic rings. The molecule has 6 nitrogen and oxygen atoms in total. The van der Waals surface area contributed by atoms with E-state index < -0.39 is 17.9 Å². The van der Waals surface area contributed by atoms with Gasteiger partial charge in [0.1, 0.15) is 11.8 Å². The summed E-state index contributed by atoms with van der Waals surface area (Å²) in [5, 5.41) is 20.0. The maximum atomic E-state index is 11.9. The third kappa shape index (κ3) is 4.89. The second-order valence-electron chi connectivity index (χ2n) is 4.25. The van der Waals surface area contributed by atoms with Crippen LogP contribution in [0.3, 0.4) is 0 Å². The zero-order chi connectivity index (χ0) is 15.0. The van der Waals surface area contributed by atoms with E-state index in [-0.39, 0.29) is 13.0 Å². The van der Waals surface area contributed by atoms with Crippen LogP contribution in [-0.4, -0.2) is 41.3 Å². The maximum absolute atomic E-state index is 11.9. The van der Waals surface area contributed by atoms with Crippen LogP contribution in [0.2, 0.25) is 0 Å². The Labute approximate surface area is 117 Å². The predicted octanol–water partition coefficient (Wildman–Crippen LogP) is 1.04. The van der Waals surface area contributed by atoms with Crippen molar-refractivity contribution in [2.75, 3.05) is 13.2 Å². The number of hydrogen-bond donors (Lipinski definition) is 3. The number of carbonyl (C=O) groups is 2. The number of hydrogen-bond acceptors (Lipinski definition) is 4. The topological polar surface area (TPSA) is 95.9 Å². The lowest BCUT2D eigenvalue weighted by molar-refractivity contribution is -0.139. The first-order valence-corrected chi connectivity index (χ1v) is 6.45. The standard InChI is InChI=1S/C14H19NO5/c1-2-9-20-11-5-3-10(4-6-11)13(17)15-12(7-8-16)14(18)19/h3-6,12,16H,2,7-9H2,1H3,(H,15,17)(H,18,19)/t12-/m1/s1. The molecule has 6 heteroatoms. The summed E-state index contributed by atoms with van der Waals surface area (Å²) >= 11 is 0. The van der Waals surface area contributed by atoms with Crippen molar-refractivity contribution in [2.24, 2.45) is 0 Å². The number of carboxylic acid groups (broad SMARTS) is 1. The third-order valence-electron chi connectivity index (χ3n) is 2.61. The van der Waals surface area contributed by atoms with Crippen molar-refractivity contribution in [1.82, 2.24) is 5.32 Å². The van der Waals surface area contributed by atoms with E-state index in [1.54, 1.807) is 24.3 Å². The van der Waals surface area contributed by atoms with Crippen molar-refractivity contribution < 1.29 is 24.5 Å². The van der Waals surface area contributed by atoms with E-state index in [9.17, 15) is 9.59 Å². The van der Waals surface area contributed by atoms with Gasteiger partial charge in [0, 0.05) is 18.6 Å². The highest BCUT2D eigenvalue weighted by molar-refractivity contribution is 5.96. The van der Waals surface area contributed by atoms with Gasteiger partial charge >= 0.3 is 5.97 Å². The second kappa shape index (κ2) is 8.16. The molecule has 110 valence electrons. The van der Waals surface area contributed by atoms with Gasteiger partial charge in [-0.15, -0.1) is 0 Å². The van der Waals surface area contributed by atoms with E-state index >= 15 is 0 Å². The number of aliphatic hydroxyl groups is 1. The van der Waals surface area contributed by atoms with E-state index in [0.717, 1.165) is 6.42 Å². The van der Waals surface area contributed by atoms with Crippen molar-refractivity contribution in [1.29, 1.82) is 0 Å². The van der Waals surface area contributed by atoms with E-state index in [2.05, 4.69) is 5.32 Å². The summed E-state index contributed by atoms with van der Waals surface area (Å²) in [5.41, 5.74) is 0.345. The van der Waals surface area contributed by atoms with E-state index in [1.165, 1.54) is 0 Å². The lowest BCUT2D eigenvalue weighted by Crippen LogP contribution is -2.41. The molecule has 0 saturated carbocycles. The van der Waals surface area contributed by atoms with Crippen LogP contribution >= 0.6 is 0 Å². The Morgan fingerprint density at radius 1 is 1.30 bits per heavy atom. The summed E-state index contributed by atoms with van der Waals surface area (Å²) in [7, 11) is 0. The quantitative estimate of drug-likeness (QED) is 0.661. The minimum atomic E-state index is -1.17. The Bertz CT molecular complexity index is 443. The van der Waals surface area contributed by atoms with Crippen molar-refractivity contribution in [2.45, 2.75) is 25.8 Å². The average Bonchev–Trinajstić information content (AvgIpc) is 2.45. The van der Waals surface area contributed by atoms with Gasteiger partial charge < -0.3 is 20.3 Å². The summed E-state index contributed by atoms with van der Waals surface area (Å²) in [6.07, 6.45) is 0.864. The zero-order valence-corrected chi connectivity index (χ0v) is 11.3. The van der Waals surface area contributed by atoms with Crippen LogP contribution in [0.5, 0.6) is 5.75 Å². The number of ether oxygens (including phenoxy) is 1. The fraction of sp³-hybridized carbons (Fsp3) is 0.429. The molecule has 0 aliphatic heterocycles. The lowest BCUT2D eigenvalue weighted by atomic mass is 10.1. The molecule has 1 aromatic rings. The molecule has 0 bridgehead atoms. The number of aliphatic hydroxyl groups excluding tert-OH is 1. The SMILES string of the molecule is CCCOc1ccc(C(=O)N[C@H](CCO)C(=O)O)cc1. The van der Waals surface area contributed by atoms with Gasteiger partial charge in [0.05, 0.1) is 6.61 Å². The summed E-state index contributed by atoms with van der Waals surface area (Å²) in [6.45, 7) is 2.29. The Morgan fingerprint density at radius 2 is 1.95 bits per heavy atom. The third-order valence-corrected chi connectivity index (χ3v) is 2.61. The minimum Gasteiger partial charge on any atom is -0.494 e. The highest BCUT2D eigenvalue weighted by Crippen LogP contribution is 2.12. The molecule has 0 radical (unpaired) electrons. The molecular weight excluding hydrogens is 262 g/mol. The Kier molecular flexibility index (Phi) is 6.52. The number of rotatable bonds is 8. The molecule has 0 saturated heterocycles. The van der Waals surface area contributed by atoms with Gasteiger partial charge in [0.2, 0.25) is 0 Å². The highest BCUT2D eigenvalue weighted by Gasteiger charge is 2.19. The first-order chi connectivity index (χ1) is 9.58. The van der Waals surface area contributed by atoms with Gasteiger partial charge in [-0.3, -0.25) is 4.79 Å². The molecule has 0 aliphatic carbocycles. The molecule has 0 fully saturated rings. The van der Waals surface area contributed by atoms with Gasteiger partial charge in [-0.2, -0.15) is 0 Å². The first-order valence-electron chi connectivity index (χ1n) is 6.45. The number of carboxylic acids is 1. The highest BCUT2D eigenvalue weighted by atomic mass is 16.5. The molecular formula is C14H19NO5. The average molecular weight is 281 g/mol. The van der Waals surface area contributed by atoms with Gasteiger partial charge in [0.25, 0.3) is 5.91 Å². The van der Waals surface area contributed by atoms with Crippen molar-refractivity contribution in [3.8, 4) is 5.75 Å². The maximum Gasteiger partial charge on any atom is 0.326 e. The molecule has 1 amide bonds. The molecule has 20 heavy (non-hydrogen) atoms. The fourth-order valence-corrected chi connectivity index (χ4v) is 1.55. The summed E-state index contributed by atoms with van der Waals surface area (Å²) in [4.78, 5) is 22.7. The monoisotopic (exact) mass is 281 g/mol. The van der Waals surface area contributed by atoms with Crippen LogP contribution in [0.1, 0.15) is 30.1 Å². The summed E-state index contributed by atoms with van der Waals surface area (Å²) < 4.78 is 5.39. The number of amides is 1. The van der Waals surface area contributed by atoms with Crippen molar-refractivity contribution in [3.05, 3.63) is 29.8 Å². The predicted molar refractivity (Wildman–Crippen MR) is 72.8 cm³/mol. The smallest absolute Gasteiger partial charge is 0.326 e. The molecule has 0 heterocycles. The fourth-order valence-electron chi connectivity index (χ4n) is 1.55. The van der Waals surface area contributed by atoms with E-state index in [0.29, 0.717) is 17.9 Å². The number of aliphatic carboxylic acids is 1. The van der Waals surface area contributed by atoms with Crippen LogP contribution in [-0.2, 0) is 4.79 Å². The number of carbonyl (C=O) groups excluding carboxylic acids is 1. The van der Waals surface area contributed by atoms with Crippen LogP contribution in [0.15, 0.2) is 24.3 Å². The summed E-state index contributed by atoms with van der Waals surface area (Å²) in [6, 6.07) is 5.36. The Hall–Kier alpha value is -2.08. The van der Waals surface area contributed by atoms with Gasteiger partial charge in [0.15, 0.2) is 0 Å². The first kappa shape index (κ1) is 16.0. The minimum absolute atomic E-state index is 0.0290. The molecule has 0 unspecified atom stereocenters. The molecule has 1 atom stereocenters. The Morgan fingerprint density at radius 3 is 2.45 bits per heavy atom. The molecule has 1 aromatic carbocycles. The van der Waals surface area contributed by atoms with Gasteiger partial charge in [-0.05, 0) is 30.7 Å². The van der Waals surface area contributed by atoms with Gasteiger partial charge in [-0.25, -0.2) is 4.79 Å². The molecule has 0 spiro atoms. The number of nitrogens with one attached hydrogen (secondary N) is 1. The molecule has 0 aromatic heterocycles. The molecule has 1 rings (SSSR count). The number of benzene rings is 1. The van der Waals surface area contributed by atoms with Crippen molar-refractivity contribution in [3.63, 3.8) is 0 Å². The van der Waals surface area contributed by atoms with Gasteiger partial charge in [-0.1, -0.05) is 6.92 Å². The van der Waals surface area contributed by atoms with Crippen LogP contribution in [0.4, 0.5) is 0 Å². The lowest BCUT2D eigenvalue weighted by Gasteiger charge is -2.13. The molecule has 3 N–H and O–H groups in total. The van der Waals surface area contributed by atoms with Crippen molar-refractivity contribution >= 4 is 11.9 Å². The Balaban J connectivity index is 2.64. The summed E-state index contributed by atoms with van der Waals surface area (Å²) in [5.74, 6) is -1.00.